The van der Waals surface area contributed by atoms with Gasteiger partial charge in [-0.2, -0.15) is 0 Å². The Hall–Kier alpha value is -1.40. The van der Waals surface area contributed by atoms with E-state index in [1.165, 1.54) is 38.8 Å². The summed E-state index contributed by atoms with van der Waals surface area (Å²) in [4.78, 5) is 16.3. The zero-order chi connectivity index (χ0) is 18.1. The van der Waals surface area contributed by atoms with Gasteiger partial charge in [-0.25, -0.2) is 9.97 Å². The standard InChI is InChI=1S/C20H33N5O/c1-23(2)12-17-8-18(26-3)13-25(17)20-9-19(21-14-22-20)24-10-16(11-24)15-6-4-5-7-15/h9,14-18H,4-8,10-13H2,1-3H3/t17-,18-/m0/s1. The van der Waals surface area contributed by atoms with Crippen LogP contribution in [0.4, 0.5) is 11.6 Å². The first-order chi connectivity index (χ1) is 12.6. The molecule has 3 fully saturated rings. The van der Waals surface area contributed by atoms with Gasteiger partial charge in [-0.1, -0.05) is 25.7 Å². The summed E-state index contributed by atoms with van der Waals surface area (Å²) in [5, 5.41) is 0. The zero-order valence-corrected chi connectivity index (χ0v) is 16.5. The summed E-state index contributed by atoms with van der Waals surface area (Å²) in [6.45, 7) is 4.27. The van der Waals surface area contributed by atoms with E-state index in [9.17, 15) is 0 Å². The highest BCUT2D eigenvalue weighted by atomic mass is 16.5. The van der Waals surface area contributed by atoms with E-state index in [-0.39, 0.29) is 6.10 Å². The van der Waals surface area contributed by atoms with Crippen LogP contribution in [0.15, 0.2) is 12.4 Å². The smallest absolute Gasteiger partial charge is 0.134 e. The van der Waals surface area contributed by atoms with Crippen LogP contribution in [0, 0.1) is 11.8 Å². The SMILES string of the molecule is CO[C@H]1C[C@@H](CN(C)C)N(c2cc(N3CC(C4CCCC4)C3)ncn2)C1. The molecule has 0 spiro atoms. The second-order valence-corrected chi connectivity index (χ2v) is 8.61. The van der Waals surface area contributed by atoms with Crippen LogP contribution in [-0.2, 0) is 4.74 Å². The van der Waals surface area contributed by atoms with Gasteiger partial charge in [0.25, 0.3) is 0 Å². The average molecular weight is 360 g/mol. The molecule has 0 unspecified atom stereocenters. The van der Waals surface area contributed by atoms with Gasteiger partial charge in [-0.3, -0.25) is 0 Å². The van der Waals surface area contributed by atoms with Crippen LogP contribution < -0.4 is 9.80 Å². The molecule has 3 aliphatic rings. The summed E-state index contributed by atoms with van der Waals surface area (Å²) in [7, 11) is 6.08. The van der Waals surface area contributed by atoms with Crippen molar-refractivity contribution in [2.45, 2.75) is 44.2 Å². The van der Waals surface area contributed by atoms with Gasteiger partial charge in [-0.15, -0.1) is 0 Å². The fraction of sp³-hybridized carbons (Fsp3) is 0.800. The minimum Gasteiger partial charge on any atom is -0.380 e. The second-order valence-electron chi connectivity index (χ2n) is 8.61. The Balaban J connectivity index is 1.43. The second kappa shape index (κ2) is 7.69. The Labute approximate surface area is 157 Å². The fourth-order valence-electron chi connectivity index (χ4n) is 5.01. The number of hydrogen-bond acceptors (Lipinski definition) is 6. The van der Waals surface area contributed by atoms with Crippen molar-refractivity contribution in [3.05, 3.63) is 12.4 Å². The summed E-state index contributed by atoms with van der Waals surface area (Å²) in [5.41, 5.74) is 0. The highest BCUT2D eigenvalue weighted by Crippen LogP contribution is 2.38. The van der Waals surface area contributed by atoms with Crippen molar-refractivity contribution in [2.24, 2.45) is 11.8 Å². The minimum absolute atomic E-state index is 0.286. The number of anilines is 2. The largest absolute Gasteiger partial charge is 0.380 e. The van der Waals surface area contributed by atoms with Gasteiger partial charge in [0.1, 0.15) is 18.0 Å². The van der Waals surface area contributed by atoms with E-state index >= 15 is 0 Å². The molecule has 6 nitrogen and oxygen atoms in total. The van der Waals surface area contributed by atoms with Crippen molar-refractivity contribution < 1.29 is 4.74 Å². The Morgan fingerprint density at radius 2 is 1.81 bits per heavy atom. The maximum absolute atomic E-state index is 5.64. The van der Waals surface area contributed by atoms with Crippen LogP contribution in [-0.4, -0.2) is 74.4 Å². The summed E-state index contributed by atoms with van der Waals surface area (Å²) in [5.74, 6) is 3.97. The van der Waals surface area contributed by atoms with Gasteiger partial charge in [0, 0.05) is 45.4 Å². The van der Waals surface area contributed by atoms with E-state index in [2.05, 4.69) is 44.8 Å². The molecule has 26 heavy (non-hydrogen) atoms. The molecular formula is C20H33N5O. The van der Waals surface area contributed by atoms with E-state index in [4.69, 9.17) is 4.74 Å². The first-order valence-electron chi connectivity index (χ1n) is 10.1. The molecule has 1 aromatic rings. The number of likely N-dealkylation sites (N-methyl/N-ethyl adjacent to an activating group) is 1. The summed E-state index contributed by atoms with van der Waals surface area (Å²) in [6.07, 6.45) is 8.82. The Morgan fingerprint density at radius 3 is 2.50 bits per heavy atom. The number of ether oxygens (including phenoxy) is 1. The maximum atomic E-state index is 5.64. The molecule has 2 atom stereocenters. The summed E-state index contributed by atoms with van der Waals surface area (Å²) < 4.78 is 5.64. The molecule has 1 aliphatic carbocycles. The number of nitrogens with zero attached hydrogens (tertiary/aromatic N) is 5. The topological polar surface area (TPSA) is 44.7 Å². The van der Waals surface area contributed by atoms with Gasteiger partial charge in [0.2, 0.25) is 0 Å². The number of methoxy groups -OCH3 is 1. The Morgan fingerprint density at radius 1 is 1.08 bits per heavy atom. The van der Waals surface area contributed by atoms with Crippen molar-refractivity contribution >= 4 is 11.6 Å². The van der Waals surface area contributed by atoms with Gasteiger partial charge in [-0.05, 0) is 32.4 Å². The first kappa shape index (κ1) is 18.0. The van der Waals surface area contributed by atoms with Crippen molar-refractivity contribution in [2.75, 3.05) is 57.2 Å². The number of aromatic nitrogens is 2. The Kier molecular flexibility index (Phi) is 5.32. The van der Waals surface area contributed by atoms with Gasteiger partial charge < -0.3 is 19.4 Å². The third-order valence-electron chi connectivity index (χ3n) is 6.52. The van der Waals surface area contributed by atoms with E-state index in [1.807, 2.05) is 7.11 Å². The predicted molar refractivity (Wildman–Crippen MR) is 105 cm³/mol. The van der Waals surface area contributed by atoms with Crippen molar-refractivity contribution in [1.29, 1.82) is 0 Å². The van der Waals surface area contributed by atoms with Crippen LogP contribution in [0.25, 0.3) is 0 Å². The lowest BCUT2D eigenvalue weighted by molar-refractivity contribution is 0.117. The molecule has 0 radical (unpaired) electrons. The van der Waals surface area contributed by atoms with Crippen LogP contribution in [0.1, 0.15) is 32.1 Å². The number of hydrogen-bond donors (Lipinski definition) is 0. The lowest BCUT2D eigenvalue weighted by Gasteiger charge is -2.43. The number of rotatable bonds is 6. The maximum Gasteiger partial charge on any atom is 0.134 e. The van der Waals surface area contributed by atoms with Crippen LogP contribution in [0.3, 0.4) is 0 Å². The first-order valence-corrected chi connectivity index (χ1v) is 10.1. The highest BCUT2D eigenvalue weighted by Gasteiger charge is 2.37. The Bertz CT molecular complexity index is 598. The molecule has 0 aromatic carbocycles. The molecule has 1 aromatic heterocycles. The molecule has 0 N–H and O–H groups in total. The van der Waals surface area contributed by atoms with E-state index < -0.39 is 0 Å². The lowest BCUT2D eigenvalue weighted by Crippen LogP contribution is -2.50. The zero-order valence-electron chi connectivity index (χ0n) is 16.5. The molecule has 2 saturated heterocycles. The molecule has 2 aliphatic heterocycles. The van der Waals surface area contributed by atoms with Crippen molar-refractivity contribution in [1.82, 2.24) is 14.9 Å². The molecule has 0 bridgehead atoms. The third kappa shape index (κ3) is 3.67. The summed E-state index contributed by atoms with van der Waals surface area (Å²) >= 11 is 0. The van der Waals surface area contributed by atoms with Crippen molar-refractivity contribution in [3.8, 4) is 0 Å². The molecule has 144 valence electrons. The van der Waals surface area contributed by atoms with E-state index in [1.54, 1.807) is 6.33 Å². The van der Waals surface area contributed by atoms with Crippen LogP contribution in [0.5, 0.6) is 0 Å². The molecule has 1 saturated carbocycles. The molecular weight excluding hydrogens is 326 g/mol. The van der Waals surface area contributed by atoms with Gasteiger partial charge in [0.15, 0.2) is 0 Å². The van der Waals surface area contributed by atoms with E-state index in [0.717, 1.165) is 43.0 Å². The molecule has 3 heterocycles. The lowest BCUT2D eigenvalue weighted by atomic mass is 9.84. The predicted octanol–water partition coefficient (Wildman–Crippen LogP) is 2.26. The van der Waals surface area contributed by atoms with Crippen molar-refractivity contribution in [3.63, 3.8) is 0 Å². The summed E-state index contributed by atoms with van der Waals surface area (Å²) in [6, 6.07) is 2.63. The quantitative estimate of drug-likeness (QED) is 0.776. The van der Waals surface area contributed by atoms with Crippen LogP contribution >= 0.6 is 0 Å². The molecule has 6 heteroatoms. The molecule has 0 amide bonds. The van der Waals surface area contributed by atoms with E-state index in [0.29, 0.717) is 6.04 Å². The van der Waals surface area contributed by atoms with Gasteiger partial charge in [0.05, 0.1) is 6.10 Å². The van der Waals surface area contributed by atoms with Crippen LogP contribution in [0.2, 0.25) is 0 Å². The highest BCUT2D eigenvalue weighted by molar-refractivity contribution is 5.53. The third-order valence-corrected chi connectivity index (χ3v) is 6.52. The average Bonchev–Trinajstić information content (AvgIpc) is 3.23. The minimum atomic E-state index is 0.286. The normalized spacial score (nSPS) is 27.5. The molecule has 4 rings (SSSR count). The van der Waals surface area contributed by atoms with Gasteiger partial charge >= 0.3 is 0 Å². The monoisotopic (exact) mass is 359 g/mol. The fourth-order valence-corrected chi connectivity index (χ4v) is 5.01.